The molecule has 4 nitrogen and oxygen atoms in total. The van der Waals surface area contributed by atoms with Crippen LogP contribution in [0.3, 0.4) is 0 Å². The summed E-state index contributed by atoms with van der Waals surface area (Å²) in [5.74, 6) is 0.828. The number of nitrogens with zero attached hydrogens (tertiary/aromatic N) is 1. The van der Waals surface area contributed by atoms with Gasteiger partial charge in [0.25, 0.3) is 11.8 Å². The van der Waals surface area contributed by atoms with E-state index >= 15 is 0 Å². The first-order chi connectivity index (χ1) is 10.7. The van der Waals surface area contributed by atoms with Crippen molar-refractivity contribution < 1.29 is 14.3 Å². The van der Waals surface area contributed by atoms with Crippen molar-refractivity contribution >= 4 is 17.5 Å². The Morgan fingerprint density at radius 3 is 2.18 bits per heavy atom. The summed E-state index contributed by atoms with van der Waals surface area (Å²) in [7, 11) is 0. The number of hydrogen-bond acceptors (Lipinski definition) is 3. The van der Waals surface area contributed by atoms with Crippen LogP contribution in [0.2, 0.25) is 0 Å². The minimum Gasteiger partial charge on any atom is -0.457 e. The number of carbonyl (C=O) groups is 2. The highest BCUT2D eigenvalue weighted by Gasteiger charge is 2.24. The highest BCUT2D eigenvalue weighted by molar-refractivity contribution is 6.28. The first-order valence-electron chi connectivity index (χ1n) is 7.11. The summed E-state index contributed by atoms with van der Waals surface area (Å²) >= 11 is 0. The Morgan fingerprint density at radius 2 is 1.55 bits per heavy atom. The van der Waals surface area contributed by atoms with E-state index in [2.05, 4.69) is 6.92 Å². The molecular weight excluding hydrogens is 278 g/mol. The minimum atomic E-state index is -0.324. The summed E-state index contributed by atoms with van der Waals surface area (Å²) in [5.41, 5.74) is 1.66. The lowest BCUT2D eigenvalue weighted by atomic mass is 10.1. The number of ether oxygens (including phenoxy) is 1. The fourth-order valence-electron chi connectivity index (χ4n) is 2.34. The van der Waals surface area contributed by atoms with Crippen LogP contribution < -0.4 is 9.64 Å². The monoisotopic (exact) mass is 293 g/mol. The third-order valence-electron chi connectivity index (χ3n) is 3.49. The Kier molecular flexibility index (Phi) is 3.74. The van der Waals surface area contributed by atoms with Gasteiger partial charge in [0, 0.05) is 12.2 Å². The maximum atomic E-state index is 11.6. The molecule has 0 aromatic heterocycles. The Labute approximate surface area is 128 Å². The molecule has 0 aliphatic carbocycles. The molecule has 0 saturated carbocycles. The van der Waals surface area contributed by atoms with E-state index in [4.69, 9.17) is 4.74 Å². The number of amides is 2. The number of rotatable bonds is 4. The van der Waals surface area contributed by atoms with Gasteiger partial charge < -0.3 is 4.74 Å². The molecule has 2 aromatic carbocycles. The second-order valence-electron chi connectivity index (χ2n) is 4.90. The molecule has 2 amide bonds. The van der Waals surface area contributed by atoms with Crippen molar-refractivity contribution in [1.29, 1.82) is 0 Å². The Morgan fingerprint density at radius 1 is 0.909 bits per heavy atom. The lowest BCUT2D eigenvalue weighted by Crippen LogP contribution is -2.29. The zero-order valence-corrected chi connectivity index (χ0v) is 12.2. The van der Waals surface area contributed by atoms with Crippen molar-refractivity contribution in [3.63, 3.8) is 0 Å². The summed E-state index contributed by atoms with van der Waals surface area (Å²) in [6.07, 6.45) is 3.42. The van der Waals surface area contributed by atoms with E-state index in [9.17, 15) is 9.59 Å². The van der Waals surface area contributed by atoms with Gasteiger partial charge in [-0.2, -0.15) is 0 Å². The first kappa shape index (κ1) is 14.1. The predicted molar refractivity (Wildman–Crippen MR) is 84.0 cm³/mol. The van der Waals surface area contributed by atoms with Crippen molar-refractivity contribution in [2.24, 2.45) is 0 Å². The Hall–Kier alpha value is -2.88. The van der Waals surface area contributed by atoms with Crippen molar-refractivity contribution in [2.75, 3.05) is 4.90 Å². The van der Waals surface area contributed by atoms with Gasteiger partial charge in [0.2, 0.25) is 0 Å². The van der Waals surface area contributed by atoms with Gasteiger partial charge in [-0.3, -0.25) is 9.59 Å². The third kappa shape index (κ3) is 2.63. The molecule has 3 rings (SSSR count). The molecular formula is C18H15NO3. The quantitative estimate of drug-likeness (QED) is 0.811. The molecule has 0 N–H and O–H groups in total. The number of aryl methyl sites for hydroxylation is 1. The largest absolute Gasteiger partial charge is 0.457 e. The maximum absolute atomic E-state index is 11.6. The zero-order chi connectivity index (χ0) is 15.5. The molecule has 0 fully saturated rings. The maximum Gasteiger partial charge on any atom is 0.258 e. The molecule has 0 radical (unpaired) electrons. The van der Waals surface area contributed by atoms with Crippen LogP contribution in [0.1, 0.15) is 12.5 Å². The van der Waals surface area contributed by atoms with Crippen LogP contribution in [0.15, 0.2) is 60.7 Å². The number of hydrogen-bond donors (Lipinski definition) is 0. The standard InChI is InChI=1S/C18H15NO3/c1-2-13-5-3-4-6-16(13)22-15-9-7-14(8-10-15)19-17(20)11-12-18(19)21/h3-12H,2H2,1H3. The molecule has 0 atom stereocenters. The lowest BCUT2D eigenvalue weighted by molar-refractivity contribution is -0.119. The summed E-state index contributed by atoms with van der Waals surface area (Å²) in [4.78, 5) is 24.4. The molecule has 1 aliphatic rings. The van der Waals surface area contributed by atoms with Crippen molar-refractivity contribution in [3.05, 3.63) is 66.2 Å². The molecule has 2 aromatic rings. The van der Waals surface area contributed by atoms with Gasteiger partial charge in [-0.1, -0.05) is 25.1 Å². The van der Waals surface area contributed by atoms with E-state index in [1.165, 1.54) is 12.2 Å². The van der Waals surface area contributed by atoms with Gasteiger partial charge in [0.05, 0.1) is 5.69 Å². The lowest BCUT2D eigenvalue weighted by Gasteiger charge is -2.15. The summed E-state index contributed by atoms with van der Waals surface area (Å²) in [6.45, 7) is 2.07. The molecule has 4 heteroatoms. The number of benzene rings is 2. The van der Waals surface area contributed by atoms with Gasteiger partial charge >= 0.3 is 0 Å². The van der Waals surface area contributed by atoms with Crippen LogP contribution in [-0.4, -0.2) is 11.8 Å². The van der Waals surface area contributed by atoms with E-state index in [1.54, 1.807) is 24.3 Å². The van der Waals surface area contributed by atoms with Crippen LogP contribution in [0, 0.1) is 0 Å². The highest BCUT2D eigenvalue weighted by atomic mass is 16.5. The minimum absolute atomic E-state index is 0.324. The van der Waals surface area contributed by atoms with E-state index in [0.29, 0.717) is 11.4 Å². The van der Waals surface area contributed by atoms with Gasteiger partial charge in [-0.25, -0.2) is 4.90 Å². The molecule has 0 unspecified atom stereocenters. The summed E-state index contributed by atoms with van der Waals surface area (Å²) in [6, 6.07) is 14.8. The number of para-hydroxylation sites is 1. The van der Waals surface area contributed by atoms with E-state index in [-0.39, 0.29) is 11.8 Å². The fourth-order valence-corrected chi connectivity index (χ4v) is 2.34. The van der Waals surface area contributed by atoms with Crippen molar-refractivity contribution in [1.82, 2.24) is 0 Å². The smallest absolute Gasteiger partial charge is 0.258 e. The topological polar surface area (TPSA) is 46.6 Å². The van der Waals surface area contributed by atoms with Crippen LogP contribution in [0.25, 0.3) is 0 Å². The Balaban J connectivity index is 1.80. The van der Waals surface area contributed by atoms with Crippen LogP contribution >= 0.6 is 0 Å². The van der Waals surface area contributed by atoms with Crippen molar-refractivity contribution in [2.45, 2.75) is 13.3 Å². The normalized spacial score (nSPS) is 13.8. The van der Waals surface area contributed by atoms with E-state index in [1.807, 2.05) is 24.3 Å². The highest BCUT2D eigenvalue weighted by Crippen LogP contribution is 2.28. The molecule has 22 heavy (non-hydrogen) atoms. The third-order valence-corrected chi connectivity index (χ3v) is 3.49. The fraction of sp³-hybridized carbons (Fsp3) is 0.111. The molecule has 110 valence electrons. The van der Waals surface area contributed by atoms with Gasteiger partial charge in [-0.05, 0) is 42.3 Å². The SMILES string of the molecule is CCc1ccccc1Oc1ccc(N2C(=O)C=CC2=O)cc1. The zero-order valence-electron chi connectivity index (χ0n) is 12.2. The second kappa shape index (κ2) is 5.85. The second-order valence-corrected chi connectivity index (χ2v) is 4.90. The van der Waals surface area contributed by atoms with Gasteiger partial charge in [-0.15, -0.1) is 0 Å². The van der Waals surface area contributed by atoms with E-state index in [0.717, 1.165) is 22.6 Å². The van der Waals surface area contributed by atoms with Gasteiger partial charge in [0.1, 0.15) is 11.5 Å². The molecule has 1 heterocycles. The van der Waals surface area contributed by atoms with E-state index < -0.39 is 0 Å². The molecule has 0 spiro atoms. The van der Waals surface area contributed by atoms with Crippen LogP contribution in [-0.2, 0) is 16.0 Å². The van der Waals surface area contributed by atoms with Crippen LogP contribution in [0.5, 0.6) is 11.5 Å². The predicted octanol–water partition coefficient (Wildman–Crippen LogP) is 3.47. The van der Waals surface area contributed by atoms with Crippen molar-refractivity contribution in [3.8, 4) is 11.5 Å². The Bertz CT molecular complexity index is 729. The molecule has 1 aliphatic heterocycles. The van der Waals surface area contributed by atoms with Gasteiger partial charge in [0.15, 0.2) is 0 Å². The summed E-state index contributed by atoms with van der Waals surface area (Å²) in [5, 5.41) is 0. The number of anilines is 1. The van der Waals surface area contributed by atoms with Crippen LogP contribution in [0.4, 0.5) is 5.69 Å². The first-order valence-corrected chi connectivity index (χ1v) is 7.11. The average molecular weight is 293 g/mol. The summed E-state index contributed by atoms with van der Waals surface area (Å²) < 4.78 is 5.87. The number of carbonyl (C=O) groups excluding carboxylic acids is 2. The average Bonchev–Trinajstić information content (AvgIpc) is 2.88. The molecule has 0 bridgehead atoms. The number of imide groups is 1. The molecule has 0 saturated heterocycles.